The van der Waals surface area contributed by atoms with Crippen molar-refractivity contribution in [2.45, 2.75) is 6.04 Å². The number of halogens is 1. The first-order valence-electron chi connectivity index (χ1n) is 8.66. The SMILES string of the molecule is COc1nc2ccc(Br)cc2cc1C(Nc1cc[c]cc1)c1ccccc1. The van der Waals surface area contributed by atoms with E-state index in [0.717, 1.165) is 32.2 Å². The van der Waals surface area contributed by atoms with Gasteiger partial charge in [-0.2, -0.15) is 0 Å². The molecular formula is C23H18BrN2O. The van der Waals surface area contributed by atoms with Crippen LogP contribution in [-0.2, 0) is 0 Å². The average Bonchev–Trinajstić information content (AvgIpc) is 2.72. The van der Waals surface area contributed by atoms with Gasteiger partial charge in [0.05, 0.1) is 18.7 Å². The molecule has 4 rings (SSSR count). The van der Waals surface area contributed by atoms with Crippen molar-refractivity contribution in [3.05, 3.63) is 101 Å². The Morgan fingerprint density at radius 3 is 2.52 bits per heavy atom. The van der Waals surface area contributed by atoms with Crippen LogP contribution in [0.2, 0.25) is 0 Å². The second kappa shape index (κ2) is 7.80. The predicted molar refractivity (Wildman–Crippen MR) is 113 cm³/mol. The minimum Gasteiger partial charge on any atom is -0.481 e. The lowest BCUT2D eigenvalue weighted by Crippen LogP contribution is -2.14. The summed E-state index contributed by atoms with van der Waals surface area (Å²) in [4.78, 5) is 4.73. The van der Waals surface area contributed by atoms with E-state index in [1.807, 2.05) is 54.6 Å². The first kappa shape index (κ1) is 17.6. The van der Waals surface area contributed by atoms with Crippen LogP contribution in [0, 0.1) is 6.07 Å². The van der Waals surface area contributed by atoms with E-state index in [1.165, 1.54) is 0 Å². The number of rotatable bonds is 5. The average molecular weight is 418 g/mol. The smallest absolute Gasteiger partial charge is 0.219 e. The quantitative estimate of drug-likeness (QED) is 0.431. The van der Waals surface area contributed by atoms with Crippen molar-refractivity contribution in [1.29, 1.82) is 0 Å². The van der Waals surface area contributed by atoms with Crippen molar-refractivity contribution in [2.24, 2.45) is 0 Å². The molecule has 1 N–H and O–H groups in total. The third kappa shape index (κ3) is 3.81. The largest absolute Gasteiger partial charge is 0.481 e. The van der Waals surface area contributed by atoms with E-state index in [4.69, 9.17) is 9.72 Å². The van der Waals surface area contributed by atoms with E-state index in [1.54, 1.807) is 7.11 Å². The van der Waals surface area contributed by atoms with Crippen LogP contribution in [0.25, 0.3) is 10.9 Å². The monoisotopic (exact) mass is 417 g/mol. The lowest BCUT2D eigenvalue weighted by Gasteiger charge is -2.23. The van der Waals surface area contributed by atoms with Crippen molar-refractivity contribution in [3.63, 3.8) is 0 Å². The number of aromatic nitrogens is 1. The minimum atomic E-state index is -0.0977. The zero-order valence-corrected chi connectivity index (χ0v) is 16.4. The lowest BCUT2D eigenvalue weighted by atomic mass is 9.97. The summed E-state index contributed by atoms with van der Waals surface area (Å²) in [5.74, 6) is 0.619. The molecular weight excluding hydrogens is 400 g/mol. The Bertz CT molecular complexity index is 1050. The maximum absolute atomic E-state index is 5.65. The molecule has 1 atom stereocenters. The number of nitrogens with one attached hydrogen (secondary N) is 1. The fourth-order valence-corrected chi connectivity index (χ4v) is 3.53. The molecule has 3 nitrogen and oxygen atoms in total. The molecule has 1 unspecified atom stereocenters. The van der Waals surface area contributed by atoms with Crippen LogP contribution in [0.4, 0.5) is 5.69 Å². The summed E-state index contributed by atoms with van der Waals surface area (Å²) in [5, 5.41) is 4.67. The van der Waals surface area contributed by atoms with Crippen molar-refractivity contribution in [1.82, 2.24) is 4.98 Å². The van der Waals surface area contributed by atoms with Crippen molar-refractivity contribution in [2.75, 3.05) is 12.4 Å². The Kier molecular flexibility index (Phi) is 5.07. The highest BCUT2D eigenvalue weighted by atomic mass is 79.9. The number of anilines is 1. The third-order valence-corrected chi connectivity index (χ3v) is 4.93. The number of hydrogen-bond acceptors (Lipinski definition) is 3. The van der Waals surface area contributed by atoms with Gasteiger partial charge in [-0.25, -0.2) is 4.98 Å². The van der Waals surface area contributed by atoms with Gasteiger partial charge in [0.15, 0.2) is 0 Å². The van der Waals surface area contributed by atoms with Gasteiger partial charge in [0, 0.05) is 21.1 Å². The standard InChI is InChI=1S/C23H18BrN2O/c1-27-23-20(15-17-14-18(24)12-13-21(17)26-23)22(16-8-4-2-5-9-16)25-19-10-6-3-7-11-19/h2,4-15,22,25H,1H3. The Morgan fingerprint density at radius 1 is 1.00 bits per heavy atom. The van der Waals surface area contributed by atoms with Crippen molar-refractivity contribution < 1.29 is 4.74 Å². The minimum absolute atomic E-state index is 0.0977. The molecule has 4 heteroatoms. The van der Waals surface area contributed by atoms with E-state index in [9.17, 15) is 0 Å². The van der Waals surface area contributed by atoms with Crippen molar-refractivity contribution in [3.8, 4) is 5.88 Å². The van der Waals surface area contributed by atoms with E-state index in [0.29, 0.717) is 5.88 Å². The van der Waals surface area contributed by atoms with Gasteiger partial charge in [-0.05, 0) is 48.0 Å². The second-order valence-corrected chi connectivity index (χ2v) is 7.12. The van der Waals surface area contributed by atoms with Crippen LogP contribution >= 0.6 is 15.9 Å². The van der Waals surface area contributed by atoms with Crippen LogP contribution < -0.4 is 10.1 Å². The molecule has 0 saturated heterocycles. The molecule has 4 aromatic rings. The predicted octanol–water partition coefficient (Wildman–Crippen LogP) is 6.01. The summed E-state index contributed by atoms with van der Waals surface area (Å²) in [6.45, 7) is 0. The Labute approximate surface area is 167 Å². The van der Waals surface area contributed by atoms with E-state index < -0.39 is 0 Å². The normalized spacial score (nSPS) is 11.9. The van der Waals surface area contributed by atoms with Crippen LogP contribution in [0.15, 0.2) is 83.3 Å². The zero-order chi connectivity index (χ0) is 18.6. The van der Waals surface area contributed by atoms with Gasteiger partial charge in [0.2, 0.25) is 5.88 Å². The van der Waals surface area contributed by atoms with Gasteiger partial charge >= 0.3 is 0 Å². The fraction of sp³-hybridized carbons (Fsp3) is 0.0870. The maximum atomic E-state index is 5.65. The van der Waals surface area contributed by atoms with E-state index >= 15 is 0 Å². The lowest BCUT2D eigenvalue weighted by molar-refractivity contribution is 0.393. The fourth-order valence-electron chi connectivity index (χ4n) is 3.15. The van der Waals surface area contributed by atoms with Crippen LogP contribution in [-0.4, -0.2) is 12.1 Å². The molecule has 0 saturated carbocycles. The van der Waals surface area contributed by atoms with Gasteiger partial charge < -0.3 is 10.1 Å². The first-order valence-corrected chi connectivity index (χ1v) is 9.46. The molecule has 133 valence electrons. The Balaban J connectivity index is 1.88. The Hall–Kier alpha value is -2.85. The first-order chi connectivity index (χ1) is 13.2. The molecule has 1 radical (unpaired) electrons. The third-order valence-electron chi connectivity index (χ3n) is 4.44. The number of fused-ring (bicyclic) bond motifs is 1. The number of pyridine rings is 1. The highest BCUT2D eigenvalue weighted by molar-refractivity contribution is 9.10. The molecule has 27 heavy (non-hydrogen) atoms. The number of methoxy groups -OCH3 is 1. The summed E-state index contributed by atoms with van der Waals surface area (Å²) < 4.78 is 6.68. The Morgan fingerprint density at radius 2 is 1.78 bits per heavy atom. The number of ether oxygens (including phenoxy) is 1. The summed E-state index contributed by atoms with van der Waals surface area (Å²) in [6.07, 6.45) is 0. The number of hydrogen-bond donors (Lipinski definition) is 1. The molecule has 1 aromatic heterocycles. The van der Waals surface area contributed by atoms with Gasteiger partial charge in [-0.1, -0.05) is 58.4 Å². The van der Waals surface area contributed by atoms with Crippen LogP contribution in [0.5, 0.6) is 5.88 Å². The molecule has 3 aromatic carbocycles. The van der Waals surface area contributed by atoms with Gasteiger partial charge in [0.25, 0.3) is 0 Å². The summed E-state index contributed by atoms with van der Waals surface area (Å²) >= 11 is 3.55. The number of nitrogens with zero attached hydrogens (tertiary/aromatic N) is 1. The molecule has 0 aliphatic heterocycles. The van der Waals surface area contributed by atoms with Gasteiger partial charge in [-0.15, -0.1) is 0 Å². The summed E-state index contributed by atoms with van der Waals surface area (Å²) in [7, 11) is 1.66. The van der Waals surface area contributed by atoms with E-state index in [2.05, 4.69) is 51.6 Å². The summed E-state index contributed by atoms with van der Waals surface area (Å²) in [5.41, 5.74) is 4.04. The molecule has 0 spiro atoms. The summed E-state index contributed by atoms with van der Waals surface area (Å²) in [6, 6.07) is 29.3. The van der Waals surface area contributed by atoms with Gasteiger partial charge in [-0.3, -0.25) is 0 Å². The van der Waals surface area contributed by atoms with Crippen molar-refractivity contribution >= 4 is 32.5 Å². The molecule has 0 bridgehead atoms. The molecule has 0 fully saturated rings. The highest BCUT2D eigenvalue weighted by Gasteiger charge is 2.20. The topological polar surface area (TPSA) is 34.1 Å². The molecule has 0 aliphatic carbocycles. The van der Waals surface area contributed by atoms with E-state index in [-0.39, 0.29) is 6.04 Å². The molecule has 1 heterocycles. The molecule has 0 amide bonds. The molecule has 0 aliphatic rings. The maximum Gasteiger partial charge on any atom is 0.219 e. The van der Waals surface area contributed by atoms with Gasteiger partial charge in [0.1, 0.15) is 0 Å². The van der Waals surface area contributed by atoms with Crippen LogP contribution in [0.1, 0.15) is 17.2 Å². The highest BCUT2D eigenvalue weighted by Crippen LogP contribution is 2.34. The van der Waals surface area contributed by atoms with Crippen LogP contribution in [0.3, 0.4) is 0 Å². The second-order valence-electron chi connectivity index (χ2n) is 6.20. The zero-order valence-electron chi connectivity index (χ0n) is 14.8. The number of benzene rings is 3.